The van der Waals surface area contributed by atoms with Crippen LogP contribution in [0.15, 0.2) is 33.5 Å². The predicted molar refractivity (Wildman–Crippen MR) is 115 cm³/mol. The zero-order valence-corrected chi connectivity index (χ0v) is 19.9. The maximum Gasteiger partial charge on any atom is 0.310 e. The first-order chi connectivity index (χ1) is 13.3. The van der Waals surface area contributed by atoms with Crippen molar-refractivity contribution in [3.8, 4) is 0 Å². The van der Waals surface area contributed by atoms with Gasteiger partial charge in [0.05, 0.1) is 30.5 Å². The van der Waals surface area contributed by atoms with Crippen LogP contribution in [0.3, 0.4) is 0 Å². The second kappa shape index (κ2) is 13.1. The fraction of sp³-hybridized carbons (Fsp3) is 0.333. The molecule has 0 aliphatic rings. The van der Waals surface area contributed by atoms with E-state index in [-0.39, 0.29) is 24.8 Å². The molecule has 6 nitrogen and oxygen atoms in total. The lowest BCUT2D eigenvalue weighted by Gasteiger charge is -2.03. The summed E-state index contributed by atoms with van der Waals surface area (Å²) in [6.07, 6.45) is 3.51. The Morgan fingerprint density at radius 2 is 1.50 bits per heavy atom. The van der Waals surface area contributed by atoms with Gasteiger partial charge in [0.2, 0.25) is 0 Å². The zero-order valence-electron chi connectivity index (χ0n) is 15.2. The molecule has 0 atom stereocenters. The van der Waals surface area contributed by atoms with Gasteiger partial charge in [0.25, 0.3) is 0 Å². The highest BCUT2D eigenvalue weighted by Crippen LogP contribution is 2.21. The monoisotopic (exact) mass is 554 g/mol. The highest BCUT2D eigenvalue weighted by Gasteiger charge is 2.09. The third kappa shape index (κ3) is 9.32. The number of halogens is 4. The van der Waals surface area contributed by atoms with Gasteiger partial charge in [0, 0.05) is 22.4 Å². The molecule has 0 bridgehead atoms. The maximum atomic E-state index is 11.2. The van der Waals surface area contributed by atoms with Crippen molar-refractivity contribution in [3.05, 3.63) is 54.9 Å². The molecule has 0 amide bonds. The van der Waals surface area contributed by atoms with Gasteiger partial charge in [-0.2, -0.15) is 0 Å². The van der Waals surface area contributed by atoms with Crippen LogP contribution in [0.1, 0.15) is 25.0 Å². The van der Waals surface area contributed by atoms with Gasteiger partial charge >= 0.3 is 11.9 Å². The Hall–Kier alpha value is -1.22. The molecule has 2 aromatic heterocycles. The van der Waals surface area contributed by atoms with E-state index in [0.29, 0.717) is 33.6 Å². The number of pyridine rings is 2. The normalized spacial score (nSPS) is 9.93. The molecule has 0 aliphatic heterocycles. The Morgan fingerprint density at radius 3 is 2.07 bits per heavy atom. The molecule has 2 aromatic rings. The van der Waals surface area contributed by atoms with Gasteiger partial charge < -0.3 is 9.47 Å². The van der Waals surface area contributed by atoms with E-state index in [1.807, 2.05) is 0 Å². The summed E-state index contributed by atoms with van der Waals surface area (Å²) in [6.45, 7) is 4.30. The number of carbonyl (C=O) groups is 2. The highest BCUT2D eigenvalue weighted by atomic mass is 79.9. The third-order valence-corrected chi connectivity index (χ3v) is 4.93. The molecule has 10 heteroatoms. The van der Waals surface area contributed by atoms with Gasteiger partial charge in [-0.25, -0.2) is 9.97 Å². The van der Waals surface area contributed by atoms with Crippen LogP contribution in [-0.2, 0) is 31.9 Å². The molecular weight excluding hydrogens is 539 g/mol. The Morgan fingerprint density at radius 1 is 0.929 bits per heavy atom. The third-order valence-electron chi connectivity index (χ3n) is 3.03. The first-order valence-electron chi connectivity index (χ1n) is 8.17. The van der Waals surface area contributed by atoms with E-state index in [2.05, 4.69) is 41.8 Å². The van der Waals surface area contributed by atoms with Crippen molar-refractivity contribution in [2.75, 3.05) is 13.2 Å². The molecular formula is C18H18Br2Cl2N2O4. The van der Waals surface area contributed by atoms with Crippen LogP contribution in [0.5, 0.6) is 0 Å². The van der Waals surface area contributed by atoms with Crippen LogP contribution >= 0.6 is 55.1 Å². The number of rotatable bonds is 6. The topological polar surface area (TPSA) is 78.4 Å². The SMILES string of the molecule is CCOC(=O)Cc1cc(Br)cnc1Cl.CCOC(=O)Cc1cnc(Cl)c(Br)c1. The van der Waals surface area contributed by atoms with E-state index in [9.17, 15) is 9.59 Å². The molecule has 2 heterocycles. The van der Waals surface area contributed by atoms with Crippen LogP contribution in [0.4, 0.5) is 0 Å². The van der Waals surface area contributed by atoms with Gasteiger partial charge in [-0.1, -0.05) is 23.2 Å². The molecule has 0 unspecified atom stereocenters. The van der Waals surface area contributed by atoms with Crippen molar-refractivity contribution in [1.82, 2.24) is 9.97 Å². The summed E-state index contributed by atoms with van der Waals surface area (Å²) in [5.41, 5.74) is 1.44. The van der Waals surface area contributed by atoms with Crippen molar-refractivity contribution in [2.45, 2.75) is 26.7 Å². The molecule has 28 heavy (non-hydrogen) atoms. The summed E-state index contributed by atoms with van der Waals surface area (Å²) in [5, 5.41) is 0.721. The molecule has 2 rings (SSSR count). The standard InChI is InChI=1S/2C9H9BrClNO2/c1-2-14-8(13)4-6-3-7(10)5-12-9(6)11;1-2-14-8(13)4-6-3-7(10)9(11)12-5-6/h2*3,5H,2,4H2,1H3. The second-order valence-corrected chi connectivity index (χ2v) is 7.67. The van der Waals surface area contributed by atoms with Crippen molar-refractivity contribution in [3.63, 3.8) is 0 Å². The highest BCUT2D eigenvalue weighted by molar-refractivity contribution is 9.10. The van der Waals surface area contributed by atoms with E-state index < -0.39 is 0 Å². The van der Waals surface area contributed by atoms with Gasteiger partial charge in [-0.15, -0.1) is 0 Å². The van der Waals surface area contributed by atoms with Crippen LogP contribution in [0, 0.1) is 0 Å². The molecule has 0 saturated carbocycles. The Kier molecular flexibility index (Phi) is 11.6. The number of esters is 2. The predicted octanol–water partition coefficient (Wildman–Crippen LogP) is 5.21. The van der Waals surface area contributed by atoms with Gasteiger partial charge in [0.15, 0.2) is 0 Å². The maximum absolute atomic E-state index is 11.2. The van der Waals surface area contributed by atoms with Crippen molar-refractivity contribution >= 4 is 67.0 Å². The van der Waals surface area contributed by atoms with E-state index in [4.69, 9.17) is 32.7 Å². The zero-order chi connectivity index (χ0) is 21.1. The van der Waals surface area contributed by atoms with E-state index >= 15 is 0 Å². The molecule has 0 aromatic carbocycles. The van der Waals surface area contributed by atoms with Crippen LogP contribution in [-0.4, -0.2) is 35.1 Å². The van der Waals surface area contributed by atoms with Crippen LogP contribution in [0.2, 0.25) is 10.3 Å². The summed E-state index contributed by atoms with van der Waals surface area (Å²) in [4.78, 5) is 30.1. The van der Waals surface area contributed by atoms with E-state index in [0.717, 1.165) is 10.0 Å². The van der Waals surface area contributed by atoms with Gasteiger partial charge in [0.1, 0.15) is 10.3 Å². The largest absolute Gasteiger partial charge is 0.466 e. The second-order valence-electron chi connectivity index (χ2n) is 5.18. The van der Waals surface area contributed by atoms with Crippen LogP contribution < -0.4 is 0 Å². The number of aromatic nitrogens is 2. The Labute approximate surface area is 190 Å². The summed E-state index contributed by atoms with van der Waals surface area (Å²) in [6, 6.07) is 3.51. The number of hydrogen-bond acceptors (Lipinski definition) is 6. The molecule has 0 N–H and O–H groups in total. The Balaban J connectivity index is 0.000000280. The van der Waals surface area contributed by atoms with Gasteiger partial charge in [-0.05, 0) is 63.4 Å². The van der Waals surface area contributed by atoms with Crippen molar-refractivity contribution < 1.29 is 19.1 Å². The average Bonchev–Trinajstić information content (AvgIpc) is 2.62. The minimum absolute atomic E-state index is 0.152. The lowest BCUT2D eigenvalue weighted by molar-refractivity contribution is -0.143. The van der Waals surface area contributed by atoms with Crippen molar-refractivity contribution in [1.29, 1.82) is 0 Å². The van der Waals surface area contributed by atoms with Crippen molar-refractivity contribution in [2.24, 2.45) is 0 Å². The quantitative estimate of drug-likeness (QED) is 0.359. The van der Waals surface area contributed by atoms with E-state index in [1.165, 1.54) is 0 Å². The van der Waals surface area contributed by atoms with E-state index in [1.54, 1.807) is 38.4 Å². The molecule has 0 saturated heterocycles. The molecule has 0 radical (unpaired) electrons. The molecule has 0 fully saturated rings. The van der Waals surface area contributed by atoms with Gasteiger partial charge in [-0.3, -0.25) is 9.59 Å². The molecule has 152 valence electrons. The number of nitrogens with zero attached hydrogens (tertiary/aromatic N) is 2. The lowest BCUT2D eigenvalue weighted by Crippen LogP contribution is -2.08. The fourth-order valence-electron chi connectivity index (χ4n) is 1.89. The number of hydrogen-bond donors (Lipinski definition) is 0. The first kappa shape index (κ1) is 24.8. The summed E-state index contributed by atoms with van der Waals surface area (Å²) < 4.78 is 11.1. The molecule has 0 spiro atoms. The summed E-state index contributed by atoms with van der Waals surface area (Å²) >= 11 is 18.0. The fourth-order valence-corrected chi connectivity index (χ4v) is 2.94. The summed E-state index contributed by atoms with van der Waals surface area (Å²) in [5.74, 6) is -0.558. The summed E-state index contributed by atoms with van der Waals surface area (Å²) in [7, 11) is 0. The number of carbonyl (C=O) groups excluding carboxylic acids is 2. The average molecular weight is 557 g/mol. The van der Waals surface area contributed by atoms with Crippen LogP contribution in [0.25, 0.3) is 0 Å². The molecule has 0 aliphatic carbocycles. The minimum Gasteiger partial charge on any atom is -0.466 e. The number of ether oxygens (including phenoxy) is 2. The Bertz CT molecular complexity index is 822. The first-order valence-corrected chi connectivity index (χ1v) is 10.5. The lowest BCUT2D eigenvalue weighted by atomic mass is 10.2. The smallest absolute Gasteiger partial charge is 0.310 e. The minimum atomic E-state index is -0.297.